The number of nitrogen functional groups attached to an aromatic ring is 1. The van der Waals surface area contributed by atoms with Crippen molar-refractivity contribution in [2.75, 3.05) is 5.73 Å². The predicted octanol–water partition coefficient (Wildman–Crippen LogP) is 3.25. The summed E-state index contributed by atoms with van der Waals surface area (Å²) in [4.78, 5) is 4.41. The molecule has 0 aliphatic rings. The second-order valence-electron chi connectivity index (χ2n) is 5.00. The Balaban J connectivity index is 2.12. The molecule has 0 amide bonds. The zero-order chi connectivity index (χ0) is 14.1. The number of fused-ring (bicyclic) bond motifs is 1. The van der Waals surface area contributed by atoms with Crippen LogP contribution in [0.4, 0.5) is 5.82 Å². The third-order valence-electron chi connectivity index (χ3n) is 3.56. The molecule has 3 nitrogen and oxygen atoms in total. The maximum Gasteiger partial charge on any atom is 0.124 e. The molecule has 0 radical (unpaired) electrons. The minimum absolute atomic E-state index is 0.561. The lowest BCUT2D eigenvalue weighted by atomic mass is 10.0. The van der Waals surface area contributed by atoms with Gasteiger partial charge in [0.25, 0.3) is 0 Å². The molecular formula is C17H17N3. The summed E-state index contributed by atoms with van der Waals surface area (Å²) in [6.07, 6.45) is 0. The number of aromatic nitrogens is 1. The lowest BCUT2D eigenvalue weighted by molar-refractivity contribution is 1.07. The summed E-state index contributed by atoms with van der Waals surface area (Å²) in [6, 6.07) is 16.5. The van der Waals surface area contributed by atoms with E-state index in [9.17, 15) is 0 Å². The van der Waals surface area contributed by atoms with Gasteiger partial charge in [-0.3, -0.25) is 0 Å². The highest BCUT2D eigenvalue weighted by molar-refractivity contribution is 5.87. The molecule has 0 atom stereocenters. The number of hydrogen-bond donors (Lipinski definition) is 2. The Labute approximate surface area is 118 Å². The molecule has 1 heterocycles. The lowest BCUT2D eigenvalue weighted by Gasteiger charge is -2.07. The van der Waals surface area contributed by atoms with Crippen LogP contribution in [-0.4, -0.2) is 4.98 Å². The number of nitrogens with two attached hydrogens (primary N) is 2. The fourth-order valence-corrected chi connectivity index (χ4v) is 2.44. The van der Waals surface area contributed by atoms with Gasteiger partial charge in [-0.2, -0.15) is 0 Å². The summed E-state index contributed by atoms with van der Waals surface area (Å²) in [6.45, 7) is 2.62. The number of nitrogens with zero attached hydrogens (tertiary/aromatic N) is 1. The maximum atomic E-state index is 5.83. The van der Waals surface area contributed by atoms with Crippen LogP contribution in [0.1, 0.15) is 11.1 Å². The molecule has 3 heteroatoms. The summed E-state index contributed by atoms with van der Waals surface area (Å²) in [5, 5.41) is 1.14. The van der Waals surface area contributed by atoms with E-state index in [0.717, 1.165) is 33.2 Å². The normalized spacial score (nSPS) is 10.9. The molecule has 0 spiro atoms. The molecule has 0 bridgehead atoms. The van der Waals surface area contributed by atoms with Gasteiger partial charge in [-0.15, -0.1) is 0 Å². The van der Waals surface area contributed by atoms with Crippen LogP contribution in [0.2, 0.25) is 0 Å². The largest absolute Gasteiger partial charge is 0.384 e. The van der Waals surface area contributed by atoms with E-state index in [1.54, 1.807) is 0 Å². The fourth-order valence-electron chi connectivity index (χ4n) is 2.44. The molecule has 100 valence electrons. The average Bonchev–Trinajstić information content (AvgIpc) is 2.46. The topological polar surface area (TPSA) is 64.9 Å². The van der Waals surface area contributed by atoms with Crippen molar-refractivity contribution in [2.45, 2.75) is 13.5 Å². The van der Waals surface area contributed by atoms with Gasteiger partial charge in [-0.25, -0.2) is 4.98 Å². The number of anilines is 1. The molecule has 0 aliphatic carbocycles. The highest BCUT2D eigenvalue weighted by Gasteiger charge is 2.04. The van der Waals surface area contributed by atoms with Crippen molar-refractivity contribution in [1.29, 1.82) is 0 Å². The number of pyridine rings is 1. The first-order chi connectivity index (χ1) is 9.67. The average molecular weight is 263 g/mol. The molecule has 0 aliphatic heterocycles. The van der Waals surface area contributed by atoms with E-state index in [0.29, 0.717) is 12.4 Å². The van der Waals surface area contributed by atoms with Crippen LogP contribution in [0.5, 0.6) is 0 Å². The van der Waals surface area contributed by atoms with Crippen LogP contribution >= 0.6 is 0 Å². The zero-order valence-electron chi connectivity index (χ0n) is 11.4. The van der Waals surface area contributed by atoms with Gasteiger partial charge in [0.2, 0.25) is 0 Å². The Morgan fingerprint density at radius 1 is 0.950 bits per heavy atom. The number of benzene rings is 2. The van der Waals surface area contributed by atoms with Gasteiger partial charge in [0.1, 0.15) is 5.82 Å². The van der Waals surface area contributed by atoms with Crippen LogP contribution < -0.4 is 11.5 Å². The van der Waals surface area contributed by atoms with Crippen LogP contribution in [-0.2, 0) is 6.54 Å². The minimum atomic E-state index is 0.561. The molecule has 1 aromatic heterocycles. The van der Waals surface area contributed by atoms with Crippen molar-refractivity contribution >= 4 is 16.7 Å². The molecule has 3 rings (SSSR count). The molecule has 3 aromatic rings. The molecule has 20 heavy (non-hydrogen) atoms. The summed E-state index contributed by atoms with van der Waals surface area (Å²) in [5.41, 5.74) is 17.0. The van der Waals surface area contributed by atoms with Crippen molar-refractivity contribution in [3.63, 3.8) is 0 Å². The summed E-state index contributed by atoms with van der Waals surface area (Å²) in [7, 11) is 0. The molecule has 0 fully saturated rings. The van der Waals surface area contributed by atoms with E-state index in [1.807, 2.05) is 6.07 Å². The highest BCUT2D eigenvalue weighted by Crippen LogP contribution is 2.26. The van der Waals surface area contributed by atoms with Gasteiger partial charge in [0.05, 0.1) is 5.52 Å². The van der Waals surface area contributed by atoms with Crippen molar-refractivity contribution in [2.24, 2.45) is 5.73 Å². The standard InChI is InChI=1S/C17H17N3/c1-11-8-17(19)20-16-9-14(6-7-15(11)16)13-4-2-12(10-18)3-5-13/h2-9H,10,18H2,1H3,(H2,19,20). The smallest absolute Gasteiger partial charge is 0.124 e. The molecule has 2 aromatic carbocycles. The molecule has 4 N–H and O–H groups in total. The molecule has 0 saturated heterocycles. The first-order valence-corrected chi connectivity index (χ1v) is 6.63. The lowest BCUT2D eigenvalue weighted by Crippen LogP contribution is -1.95. The Morgan fingerprint density at radius 2 is 1.65 bits per heavy atom. The molecule has 0 saturated carbocycles. The Hall–Kier alpha value is -2.39. The van der Waals surface area contributed by atoms with Gasteiger partial charge in [-0.1, -0.05) is 36.4 Å². The van der Waals surface area contributed by atoms with Crippen LogP contribution in [0.3, 0.4) is 0 Å². The Kier molecular flexibility index (Phi) is 3.12. The number of rotatable bonds is 2. The Bertz CT molecular complexity index is 761. The monoisotopic (exact) mass is 263 g/mol. The van der Waals surface area contributed by atoms with Crippen LogP contribution in [0, 0.1) is 6.92 Å². The van der Waals surface area contributed by atoms with E-state index < -0.39 is 0 Å². The van der Waals surface area contributed by atoms with Gasteiger partial charge in [0, 0.05) is 11.9 Å². The fraction of sp³-hybridized carbons (Fsp3) is 0.118. The second-order valence-corrected chi connectivity index (χ2v) is 5.00. The third kappa shape index (κ3) is 2.24. The number of hydrogen-bond acceptors (Lipinski definition) is 3. The maximum absolute atomic E-state index is 5.83. The predicted molar refractivity (Wildman–Crippen MR) is 84.2 cm³/mol. The van der Waals surface area contributed by atoms with Gasteiger partial charge in [0.15, 0.2) is 0 Å². The summed E-state index contributed by atoms with van der Waals surface area (Å²) < 4.78 is 0. The van der Waals surface area contributed by atoms with Gasteiger partial charge < -0.3 is 11.5 Å². The van der Waals surface area contributed by atoms with E-state index in [1.165, 1.54) is 0 Å². The quantitative estimate of drug-likeness (QED) is 0.746. The summed E-state index contributed by atoms with van der Waals surface area (Å²) in [5.74, 6) is 0.561. The van der Waals surface area contributed by atoms with E-state index >= 15 is 0 Å². The van der Waals surface area contributed by atoms with Crippen molar-refractivity contribution in [1.82, 2.24) is 4.98 Å². The summed E-state index contributed by atoms with van der Waals surface area (Å²) >= 11 is 0. The van der Waals surface area contributed by atoms with Crippen LogP contribution in [0.25, 0.3) is 22.0 Å². The molecule has 0 unspecified atom stereocenters. The van der Waals surface area contributed by atoms with E-state index in [-0.39, 0.29) is 0 Å². The van der Waals surface area contributed by atoms with Gasteiger partial charge in [-0.05, 0) is 41.3 Å². The van der Waals surface area contributed by atoms with Crippen molar-refractivity contribution < 1.29 is 0 Å². The Morgan fingerprint density at radius 3 is 2.35 bits per heavy atom. The highest BCUT2D eigenvalue weighted by atomic mass is 14.8. The first-order valence-electron chi connectivity index (χ1n) is 6.63. The number of aryl methyl sites for hydroxylation is 1. The SMILES string of the molecule is Cc1cc(N)nc2cc(-c3ccc(CN)cc3)ccc12. The minimum Gasteiger partial charge on any atom is -0.384 e. The van der Waals surface area contributed by atoms with E-state index in [4.69, 9.17) is 11.5 Å². The van der Waals surface area contributed by atoms with Crippen LogP contribution in [0.15, 0.2) is 48.5 Å². The second kappa shape index (κ2) is 4.94. The van der Waals surface area contributed by atoms with Crippen molar-refractivity contribution in [3.05, 3.63) is 59.7 Å². The van der Waals surface area contributed by atoms with E-state index in [2.05, 4.69) is 54.4 Å². The third-order valence-corrected chi connectivity index (χ3v) is 3.56. The first kappa shape index (κ1) is 12.6. The van der Waals surface area contributed by atoms with Crippen molar-refractivity contribution in [3.8, 4) is 11.1 Å². The molecular weight excluding hydrogens is 246 g/mol. The zero-order valence-corrected chi connectivity index (χ0v) is 11.4. The van der Waals surface area contributed by atoms with Gasteiger partial charge >= 0.3 is 0 Å².